The van der Waals surface area contributed by atoms with E-state index < -0.39 is 24.5 Å². The van der Waals surface area contributed by atoms with Crippen molar-refractivity contribution in [1.29, 1.82) is 0 Å². The highest BCUT2D eigenvalue weighted by Crippen LogP contribution is 2.18. The average molecular weight is 312 g/mol. The van der Waals surface area contributed by atoms with Gasteiger partial charge in [0.25, 0.3) is 5.91 Å². The number of hydrogen-bond acceptors (Lipinski definition) is 3. The molecular formula is C13H14F2N4O3. The van der Waals surface area contributed by atoms with E-state index in [1.54, 1.807) is 0 Å². The van der Waals surface area contributed by atoms with E-state index in [1.165, 1.54) is 31.6 Å². The molecular weight excluding hydrogens is 298 g/mol. The monoisotopic (exact) mass is 312 g/mol. The molecule has 0 bridgehead atoms. The molecule has 0 unspecified atom stereocenters. The predicted molar refractivity (Wildman–Crippen MR) is 71.6 cm³/mol. The largest absolute Gasteiger partial charge is 0.480 e. The molecule has 0 fully saturated rings. The molecule has 0 saturated heterocycles. The summed E-state index contributed by atoms with van der Waals surface area (Å²) in [5.74, 6) is -2.14. The van der Waals surface area contributed by atoms with Crippen molar-refractivity contribution in [2.75, 3.05) is 0 Å². The molecule has 1 atom stereocenters. The average Bonchev–Trinajstić information content (AvgIpc) is 3.06. The molecule has 0 aliphatic rings. The Morgan fingerprint density at radius 1 is 1.45 bits per heavy atom. The number of halogens is 2. The minimum Gasteiger partial charge on any atom is -0.480 e. The Balaban J connectivity index is 2.16. The summed E-state index contributed by atoms with van der Waals surface area (Å²) in [6, 6.07) is 1.34. The molecule has 1 amide bonds. The van der Waals surface area contributed by atoms with Crippen LogP contribution in [-0.2, 0) is 11.2 Å². The number of carbonyl (C=O) groups excluding carboxylic acids is 1. The number of carboxylic acids is 1. The van der Waals surface area contributed by atoms with Crippen LogP contribution in [0.3, 0.4) is 0 Å². The van der Waals surface area contributed by atoms with Crippen LogP contribution in [0.15, 0.2) is 24.7 Å². The molecule has 0 radical (unpaired) electrons. The number of carboxylic acid groups (broad SMARTS) is 1. The third kappa shape index (κ3) is 3.30. The molecule has 2 aromatic rings. The van der Waals surface area contributed by atoms with Gasteiger partial charge < -0.3 is 15.4 Å². The topological polar surface area (TPSA) is 100 Å². The molecule has 0 spiro atoms. The lowest BCUT2D eigenvalue weighted by Crippen LogP contribution is -2.43. The van der Waals surface area contributed by atoms with Gasteiger partial charge in [-0.3, -0.25) is 9.36 Å². The molecule has 2 heterocycles. The van der Waals surface area contributed by atoms with Gasteiger partial charge >= 0.3 is 12.5 Å². The fourth-order valence-corrected chi connectivity index (χ4v) is 2.04. The SMILES string of the molecule is Cc1ccc(C(=O)N[C@@H](Cc2cnc[nH]2)C(=O)O)n1C(F)F. The third-order valence-electron chi connectivity index (χ3n) is 3.13. The van der Waals surface area contributed by atoms with Gasteiger partial charge in [0.1, 0.15) is 11.7 Å². The zero-order valence-electron chi connectivity index (χ0n) is 11.6. The van der Waals surface area contributed by atoms with Gasteiger partial charge in [-0.15, -0.1) is 0 Å². The number of carbonyl (C=O) groups is 2. The summed E-state index contributed by atoms with van der Waals surface area (Å²) in [4.78, 5) is 29.8. The molecule has 22 heavy (non-hydrogen) atoms. The summed E-state index contributed by atoms with van der Waals surface area (Å²) in [6.07, 6.45) is 2.77. The van der Waals surface area contributed by atoms with Crippen LogP contribution in [0, 0.1) is 6.92 Å². The summed E-state index contributed by atoms with van der Waals surface area (Å²) < 4.78 is 26.4. The quantitative estimate of drug-likeness (QED) is 0.749. The molecule has 0 aromatic carbocycles. The van der Waals surface area contributed by atoms with Crippen molar-refractivity contribution >= 4 is 11.9 Å². The van der Waals surface area contributed by atoms with Crippen LogP contribution in [-0.4, -0.2) is 37.6 Å². The Bertz CT molecular complexity index is 667. The van der Waals surface area contributed by atoms with Crippen molar-refractivity contribution in [2.24, 2.45) is 0 Å². The highest BCUT2D eigenvalue weighted by molar-refractivity contribution is 5.95. The van der Waals surface area contributed by atoms with E-state index in [2.05, 4.69) is 15.3 Å². The first-order chi connectivity index (χ1) is 10.4. The Hall–Kier alpha value is -2.71. The van der Waals surface area contributed by atoms with E-state index in [4.69, 9.17) is 5.11 Å². The van der Waals surface area contributed by atoms with Crippen molar-refractivity contribution in [2.45, 2.75) is 25.9 Å². The Morgan fingerprint density at radius 3 is 2.73 bits per heavy atom. The molecule has 0 saturated carbocycles. The van der Waals surface area contributed by atoms with Crippen LogP contribution >= 0.6 is 0 Å². The first-order valence-corrected chi connectivity index (χ1v) is 6.37. The highest BCUT2D eigenvalue weighted by Gasteiger charge is 2.25. The number of aliphatic carboxylic acids is 1. The number of imidazole rings is 1. The van der Waals surface area contributed by atoms with Crippen LogP contribution in [0.1, 0.15) is 28.4 Å². The second kappa shape index (κ2) is 6.37. The van der Waals surface area contributed by atoms with Crippen molar-refractivity contribution in [1.82, 2.24) is 19.9 Å². The standard InChI is InChI=1S/C13H14F2N4O3/c1-7-2-3-10(19(7)13(14)15)11(20)18-9(12(21)22)4-8-5-16-6-17-8/h2-3,5-6,9,13H,4H2,1H3,(H,16,17)(H,18,20)(H,21,22)/t9-/m0/s1. The minimum atomic E-state index is -2.88. The lowest BCUT2D eigenvalue weighted by Gasteiger charge is -2.15. The molecule has 2 rings (SSSR count). The summed E-state index contributed by atoms with van der Waals surface area (Å²) in [7, 11) is 0. The first-order valence-electron chi connectivity index (χ1n) is 6.37. The Labute approximate surface area is 124 Å². The summed E-state index contributed by atoms with van der Waals surface area (Å²) >= 11 is 0. The predicted octanol–water partition coefficient (Wildman–Crippen LogP) is 1.34. The fourth-order valence-electron chi connectivity index (χ4n) is 2.04. The number of aromatic amines is 1. The molecule has 3 N–H and O–H groups in total. The number of rotatable bonds is 6. The maximum Gasteiger partial charge on any atom is 0.326 e. The lowest BCUT2D eigenvalue weighted by atomic mass is 10.1. The van der Waals surface area contributed by atoms with E-state index in [9.17, 15) is 18.4 Å². The summed E-state index contributed by atoms with van der Waals surface area (Å²) in [5.41, 5.74) is 0.428. The van der Waals surface area contributed by atoms with Crippen LogP contribution in [0.4, 0.5) is 8.78 Å². The number of hydrogen-bond donors (Lipinski definition) is 3. The lowest BCUT2D eigenvalue weighted by molar-refractivity contribution is -0.139. The van der Waals surface area contributed by atoms with Gasteiger partial charge in [0.15, 0.2) is 0 Å². The van der Waals surface area contributed by atoms with Crippen molar-refractivity contribution in [3.8, 4) is 0 Å². The van der Waals surface area contributed by atoms with Crippen LogP contribution in [0.2, 0.25) is 0 Å². The molecule has 0 aliphatic heterocycles. The number of amides is 1. The van der Waals surface area contributed by atoms with Gasteiger partial charge in [0, 0.05) is 24.0 Å². The van der Waals surface area contributed by atoms with Gasteiger partial charge in [-0.25, -0.2) is 9.78 Å². The van der Waals surface area contributed by atoms with Gasteiger partial charge in [0.2, 0.25) is 0 Å². The molecule has 7 nitrogen and oxygen atoms in total. The van der Waals surface area contributed by atoms with E-state index >= 15 is 0 Å². The van der Waals surface area contributed by atoms with Crippen LogP contribution in [0.5, 0.6) is 0 Å². The third-order valence-corrected chi connectivity index (χ3v) is 3.13. The fraction of sp³-hybridized carbons (Fsp3) is 0.308. The van der Waals surface area contributed by atoms with Crippen LogP contribution < -0.4 is 5.32 Å². The molecule has 2 aromatic heterocycles. The minimum absolute atomic E-state index is 0.0323. The number of H-pyrrole nitrogens is 1. The Kier molecular flexibility index (Phi) is 4.54. The van der Waals surface area contributed by atoms with Crippen molar-refractivity contribution in [3.63, 3.8) is 0 Å². The molecule has 0 aliphatic carbocycles. The number of aromatic nitrogens is 3. The maximum absolute atomic E-state index is 12.9. The highest BCUT2D eigenvalue weighted by atomic mass is 19.3. The van der Waals surface area contributed by atoms with Gasteiger partial charge in [-0.1, -0.05) is 0 Å². The van der Waals surface area contributed by atoms with E-state index in [0.717, 1.165) is 0 Å². The Morgan fingerprint density at radius 2 is 2.18 bits per heavy atom. The normalized spacial score (nSPS) is 12.4. The zero-order chi connectivity index (χ0) is 16.3. The first kappa shape index (κ1) is 15.7. The maximum atomic E-state index is 12.9. The summed E-state index contributed by atoms with van der Waals surface area (Å²) in [6.45, 7) is -1.45. The molecule has 9 heteroatoms. The summed E-state index contributed by atoms with van der Waals surface area (Å²) in [5, 5.41) is 11.4. The van der Waals surface area contributed by atoms with E-state index in [-0.39, 0.29) is 17.8 Å². The second-order valence-corrected chi connectivity index (χ2v) is 4.65. The number of nitrogens with one attached hydrogen (secondary N) is 2. The van der Waals surface area contributed by atoms with Gasteiger partial charge in [-0.2, -0.15) is 8.78 Å². The second-order valence-electron chi connectivity index (χ2n) is 4.65. The van der Waals surface area contributed by atoms with Crippen molar-refractivity contribution < 1.29 is 23.5 Å². The molecule has 118 valence electrons. The van der Waals surface area contributed by atoms with Gasteiger partial charge in [-0.05, 0) is 19.1 Å². The van der Waals surface area contributed by atoms with Crippen LogP contribution in [0.25, 0.3) is 0 Å². The van der Waals surface area contributed by atoms with Crippen molar-refractivity contribution in [3.05, 3.63) is 41.7 Å². The number of nitrogens with zero attached hydrogens (tertiary/aromatic N) is 2. The van der Waals surface area contributed by atoms with E-state index in [1.807, 2.05) is 0 Å². The van der Waals surface area contributed by atoms with Gasteiger partial charge in [0.05, 0.1) is 6.33 Å². The number of alkyl halides is 2. The smallest absolute Gasteiger partial charge is 0.326 e. The van der Waals surface area contributed by atoms with E-state index in [0.29, 0.717) is 10.3 Å². The zero-order valence-corrected chi connectivity index (χ0v) is 11.6. The number of aryl methyl sites for hydroxylation is 1.